The summed E-state index contributed by atoms with van der Waals surface area (Å²) >= 11 is 1.75. The maximum absolute atomic E-state index is 12.8. The minimum Gasteiger partial charge on any atom is -0.353 e. The van der Waals surface area contributed by atoms with Gasteiger partial charge in [-0.25, -0.2) is 0 Å². The second-order valence-electron chi connectivity index (χ2n) is 6.93. The van der Waals surface area contributed by atoms with Crippen molar-refractivity contribution in [1.29, 1.82) is 0 Å². The molecule has 4 rings (SSSR count). The Balaban J connectivity index is 1.68. The van der Waals surface area contributed by atoms with Crippen molar-refractivity contribution < 1.29 is 4.79 Å². The second kappa shape index (κ2) is 5.90. The predicted octanol–water partition coefficient (Wildman–Crippen LogP) is 3.68. The van der Waals surface area contributed by atoms with E-state index in [4.69, 9.17) is 0 Å². The van der Waals surface area contributed by atoms with Crippen LogP contribution in [0, 0.1) is 6.92 Å². The number of nitrogens with zero attached hydrogens (tertiary/aromatic N) is 1. The summed E-state index contributed by atoms with van der Waals surface area (Å²) in [7, 11) is 0. The molecule has 4 nitrogen and oxygen atoms in total. The number of anilines is 1. The fraction of sp³-hybridized carbons (Fsp3) is 0.421. The van der Waals surface area contributed by atoms with Crippen molar-refractivity contribution in [3.63, 3.8) is 0 Å². The molecule has 2 aliphatic rings. The maximum Gasteiger partial charge on any atom is 0.256 e. The lowest BCUT2D eigenvalue weighted by Crippen LogP contribution is -2.39. The second-order valence-corrected chi connectivity index (χ2v) is 8.03. The third kappa shape index (κ3) is 2.52. The molecule has 2 aliphatic heterocycles. The molecular weight excluding hydrogens is 318 g/mol. The minimum absolute atomic E-state index is 0.0625. The zero-order valence-electron chi connectivity index (χ0n) is 14.3. The van der Waals surface area contributed by atoms with E-state index < -0.39 is 0 Å². The van der Waals surface area contributed by atoms with Gasteiger partial charge in [-0.05, 0) is 43.9 Å². The van der Waals surface area contributed by atoms with Gasteiger partial charge in [-0.15, -0.1) is 11.3 Å². The summed E-state index contributed by atoms with van der Waals surface area (Å²) in [6.45, 7) is 8.53. The lowest BCUT2D eigenvalue weighted by atomic mass is 9.99. The zero-order valence-corrected chi connectivity index (χ0v) is 15.2. The number of aryl methyl sites for hydroxylation is 1. The number of nitrogens with one attached hydrogen (secondary N) is 2. The van der Waals surface area contributed by atoms with Crippen LogP contribution in [0.15, 0.2) is 24.3 Å². The summed E-state index contributed by atoms with van der Waals surface area (Å²) in [5.74, 6) is 0.0625. The minimum atomic E-state index is -0.146. The van der Waals surface area contributed by atoms with Gasteiger partial charge in [-0.1, -0.05) is 24.3 Å². The summed E-state index contributed by atoms with van der Waals surface area (Å²) in [6.07, 6.45) is 0.816. The normalized spacial score (nSPS) is 20.3. The molecule has 2 N–H and O–H groups in total. The van der Waals surface area contributed by atoms with Gasteiger partial charge in [-0.3, -0.25) is 9.69 Å². The van der Waals surface area contributed by atoms with Crippen LogP contribution in [0.3, 0.4) is 0 Å². The van der Waals surface area contributed by atoms with Crippen LogP contribution in [-0.2, 0) is 13.0 Å². The van der Waals surface area contributed by atoms with E-state index in [2.05, 4.69) is 48.4 Å². The molecular formula is C19H23N3OS. The lowest BCUT2D eigenvalue weighted by Gasteiger charge is -2.31. The van der Waals surface area contributed by atoms with Crippen LogP contribution in [0.25, 0.3) is 0 Å². The molecule has 1 aromatic heterocycles. The average Bonchev–Trinajstić information content (AvgIpc) is 2.92. The molecule has 2 aromatic rings. The Hall–Kier alpha value is -1.85. The molecule has 0 aliphatic carbocycles. The SMILES string of the molecule is Cc1ccccc1C1NC(=O)c2c(sc3c2CCN(C(C)C)C3)N1. The monoisotopic (exact) mass is 341 g/mol. The smallest absolute Gasteiger partial charge is 0.256 e. The van der Waals surface area contributed by atoms with Crippen molar-refractivity contribution in [3.8, 4) is 0 Å². The topological polar surface area (TPSA) is 44.4 Å². The van der Waals surface area contributed by atoms with Crippen molar-refractivity contribution in [2.24, 2.45) is 0 Å². The molecule has 3 heterocycles. The summed E-state index contributed by atoms with van der Waals surface area (Å²) in [6, 6.07) is 8.74. The molecule has 1 aromatic carbocycles. The van der Waals surface area contributed by atoms with E-state index in [1.165, 1.54) is 16.0 Å². The fourth-order valence-electron chi connectivity index (χ4n) is 3.64. The largest absolute Gasteiger partial charge is 0.353 e. The van der Waals surface area contributed by atoms with Crippen LogP contribution in [-0.4, -0.2) is 23.4 Å². The van der Waals surface area contributed by atoms with Crippen LogP contribution in [0.5, 0.6) is 0 Å². The molecule has 126 valence electrons. The van der Waals surface area contributed by atoms with E-state index in [0.29, 0.717) is 6.04 Å². The Labute approximate surface area is 146 Å². The molecule has 1 unspecified atom stereocenters. The number of benzene rings is 1. The molecule has 0 saturated heterocycles. The molecule has 0 saturated carbocycles. The first-order valence-corrected chi connectivity index (χ1v) is 9.37. The summed E-state index contributed by atoms with van der Waals surface area (Å²) in [5, 5.41) is 7.73. The number of rotatable bonds is 2. The van der Waals surface area contributed by atoms with Crippen molar-refractivity contribution >= 4 is 22.2 Å². The van der Waals surface area contributed by atoms with Gasteiger partial charge in [0, 0.05) is 24.0 Å². The van der Waals surface area contributed by atoms with E-state index in [-0.39, 0.29) is 12.1 Å². The highest BCUT2D eigenvalue weighted by atomic mass is 32.1. The van der Waals surface area contributed by atoms with E-state index >= 15 is 0 Å². The van der Waals surface area contributed by atoms with Crippen LogP contribution in [0.4, 0.5) is 5.00 Å². The third-order valence-corrected chi connectivity index (χ3v) is 6.24. The number of carbonyl (C=O) groups is 1. The molecule has 1 atom stereocenters. The van der Waals surface area contributed by atoms with Crippen LogP contribution in [0.2, 0.25) is 0 Å². The van der Waals surface area contributed by atoms with Crippen LogP contribution in [0.1, 0.15) is 51.9 Å². The van der Waals surface area contributed by atoms with E-state index in [1.807, 2.05) is 12.1 Å². The average molecular weight is 341 g/mol. The highest BCUT2D eigenvalue weighted by molar-refractivity contribution is 7.16. The fourth-order valence-corrected chi connectivity index (χ4v) is 4.94. The molecule has 0 fully saturated rings. The number of hydrogen-bond donors (Lipinski definition) is 2. The lowest BCUT2D eigenvalue weighted by molar-refractivity contribution is 0.0934. The van der Waals surface area contributed by atoms with Gasteiger partial charge >= 0.3 is 0 Å². The number of carbonyl (C=O) groups excluding carboxylic acids is 1. The quantitative estimate of drug-likeness (QED) is 0.876. The highest BCUT2D eigenvalue weighted by Crippen LogP contribution is 2.41. The van der Waals surface area contributed by atoms with Crippen molar-refractivity contribution in [1.82, 2.24) is 10.2 Å². The number of thiophene rings is 1. The van der Waals surface area contributed by atoms with Crippen molar-refractivity contribution in [2.45, 2.75) is 45.9 Å². The number of amides is 1. The van der Waals surface area contributed by atoms with Crippen molar-refractivity contribution in [3.05, 3.63) is 51.4 Å². The van der Waals surface area contributed by atoms with Gasteiger partial charge in [-0.2, -0.15) is 0 Å². The van der Waals surface area contributed by atoms with Gasteiger partial charge < -0.3 is 10.6 Å². The predicted molar refractivity (Wildman–Crippen MR) is 98.6 cm³/mol. The summed E-state index contributed by atoms with van der Waals surface area (Å²) in [4.78, 5) is 16.6. The molecule has 0 radical (unpaired) electrons. The van der Waals surface area contributed by atoms with E-state index in [1.54, 1.807) is 11.3 Å². The Kier molecular flexibility index (Phi) is 3.85. The van der Waals surface area contributed by atoms with Gasteiger partial charge in [0.05, 0.1) is 5.56 Å². The van der Waals surface area contributed by atoms with Gasteiger partial charge in [0.2, 0.25) is 0 Å². The molecule has 0 spiro atoms. The zero-order chi connectivity index (χ0) is 16.8. The Morgan fingerprint density at radius 3 is 2.79 bits per heavy atom. The van der Waals surface area contributed by atoms with Crippen LogP contribution < -0.4 is 10.6 Å². The first-order chi connectivity index (χ1) is 11.5. The Bertz CT molecular complexity index is 796. The van der Waals surface area contributed by atoms with Crippen molar-refractivity contribution in [2.75, 3.05) is 11.9 Å². The number of hydrogen-bond acceptors (Lipinski definition) is 4. The number of fused-ring (bicyclic) bond motifs is 3. The first kappa shape index (κ1) is 15.7. The Morgan fingerprint density at radius 1 is 1.25 bits per heavy atom. The molecule has 1 amide bonds. The standard InChI is InChI=1S/C19H23N3OS/c1-11(2)22-9-8-14-15(10-22)24-19-16(14)18(23)20-17(21-19)13-7-5-4-6-12(13)3/h4-7,11,17,21H,8-10H2,1-3H3,(H,20,23). The van der Waals surface area contributed by atoms with E-state index in [0.717, 1.165) is 35.6 Å². The summed E-state index contributed by atoms with van der Waals surface area (Å²) in [5.41, 5.74) is 4.45. The van der Waals surface area contributed by atoms with Gasteiger partial charge in [0.1, 0.15) is 11.2 Å². The van der Waals surface area contributed by atoms with Gasteiger partial charge in [0.15, 0.2) is 0 Å². The van der Waals surface area contributed by atoms with E-state index in [9.17, 15) is 4.79 Å². The van der Waals surface area contributed by atoms with Crippen LogP contribution >= 0.6 is 11.3 Å². The molecule has 5 heteroatoms. The highest BCUT2D eigenvalue weighted by Gasteiger charge is 2.33. The maximum atomic E-state index is 12.8. The Morgan fingerprint density at radius 2 is 2.04 bits per heavy atom. The third-order valence-electron chi connectivity index (χ3n) is 5.09. The first-order valence-electron chi connectivity index (χ1n) is 8.56. The summed E-state index contributed by atoms with van der Waals surface area (Å²) < 4.78 is 0. The van der Waals surface area contributed by atoms with Gasteiger partial charge in [0.25, 0.3) is 5.91 Å². The molecule has 0 bridgehead atoms. The molecule has 24 heavy (non-hydrogen) atoms.